The fraction of sp³-hybridized carbons (Fsp3) is 0.429. The molecule has 0 aromatic heterocycles. The van der Waals surface area contributed by atoms with E-state index in [0.717, 1.165) is 56.3 Å². The smallest absolute Gasteiger partial charge is 0.125 e. The van der Waals surface area contributed by atoms with Crippen LogP contribution < -0.4 is 9.47 Å². The van der Waals surface area contributed by atoms with Crippen molar-refractivity contribution in [3.05, 3.63) is 59.7 Å². The number of rotatable bonds is 8. The highest BCUT2D eigenvalue weighted by molar-refractivity contribution is 5.34. The first-order valence-electron chi connectivity index (χ1n) is 8.99. The highest BCUT2D eigenvalue weighted by Crippen LogP contribution is 2.20. The molecule has 0 atom stereocenters. The van der Waals surface area contributed by atoms with Gasteiger partial charge in [0, 0.05) is 18.7 Å². The van der Waals surface area contributed by atoms with Crippen molar-refractivity contribution in [3.63, 3.8) is 0 Å². The lowest BCUT2D eigenvalue weighted by molar-refractivity contribution is 0.0374. The minimum Gasteiger partial charge on any atom is -0.496 e. The van der Waals surface area contributed by atoms with E-state index in [1.165, 1.54) is 12.0 Å². The zero-order valence-corrected chi connectivity index (χ0v) is 14.9. The molecule has 1 saturated heterocycles. The van der Waals surface area contributed by atoms with Crippen LogP contribution in [-0.4, -0.2) is 44.9 Å². The number of benzene rings is 2. The van der Waals surface area contributed by atoms with Crippen LogP contribution >= 0.6 is 0 Å². The van der Waals surface area contributed by atoms with Gasteiger partial charge in [-0.1, -0.05) is 30.3 Å². The Morgan fingerprint density at radius 2 is 1.76 bits per heavy atom. The molecule has 3 rings (SSSR count). The van der Waals surface area contributed by atoms with Gasteiger partial charge in [-0.15, -0.1) is 0 Å². The Labute approximate surface area is 150 Å². The van der Waals surface area contributed by atoms with Gasteiger partial charge in [-0.3, -0.25) is 4.90 Å². The van der Waals surface area contributed by atoms with E-state index in [1.807, 2.05) is 24.3 Å². The normalized spacial score (nSPS) is 15.1. The third kappa shape index (κ3) is 5.48. The SMILES string of the molecule is COc1ccccc1COc1ccc(CCCN2CCOCC2)cc1. The maximum absolute atomic E-state index is 5.89. The Hall–Kier alpha value is -2.04. The van der Waals surface area contributed by atoms with Gasteiger partial charge in [-0.2, -0.15) is 0 Å². The molecule has 0 N–H and O–H groups in total. The Morgan fingerprint density at radius 1 is 1.00 bits per heavy atom. The van der Waals surface area contributed by atoms with Crippen molar-refractivity contribution >= 4 is 0 Å². The summed E-state index contributed by atoms with van der Waals surface area (Å²) in [6, 6.07) is 16.4. The monoisotopic (exact) mass is 341 g/mol. The van der Waals surface area contributed by atoms with E-state index in [-0.39, 0.29) is 0 Å². The summed E-state index contributed by atoms with van der Waals surface area (Å²) in [7, 11) is 1.69. The second-order valence-electron chi connectivity index (χ2n) is 6.30. The molecular weight excluding hydrogens is 314 g/mol. The molecule has 25 heavy (non-hydrogen) atoms. The number of para-hydroxylation sites is 1. The average molecular weight is 341 g/mol. The van der Waals surface area contributed by atoms with E-state index >= 15 is 0 Å². The molecule has 0 bridgehead atoms. The quantitative estimate of drug-likeness (QED) is 0.735. The molecule has 0 unspecified atom stereocenters. The zero-order valence-electron chi connectivity index (χ0n) is 14.9. The molecule has 0 radical (unpaired) electrons. The lowest BCUT2D eigenvalue weighted by Crippen LogP contribution is -2.36. The molecule has 1 fully saturated rings. The van der Waals surface area contributed by atoms with Crippen LogP contribution in [0.25, 0.3) is 0 Å². The maximum atomic E-state index is 5.89. The van der Waals surface area contributed by atoms with Crippen LogP contribution in [0.1, 0.15) is 17.5 Å². The predicted octanol–water partition coefficient (Wildman–Crippen LogP) is 3.54. The summed E-state index contributed by atoms with van der Waals surface area (Å²) < 4.78 is 16.6. The van der Waals surface area contributed by atoms with E-state index in [0.29, 0.717) is 6.61 Å². The van der Waals surface area contributed by atoms with E-state index in [1.54, 1.807) is 7.11 Å². The first-order valence-corrected chi connectivity index (χ1v) is 8.99. The average Bonchev–Trinajstić information content (AvgIpc) is 2.68. The number of ether oxygens (including phenoxy) is 3. The highest BCUT2D eigenvalue weighted by atomic mass is 16.5. The summed E-state index contributed by atoms with van der Waals surface area (Å²) in [5.41, 5.74) is 2.41. The van der Waals surface area contributed by atoms with Crippen molar-refractivity contribution in [2.75, 3.05) is 40.0 Å². The number of hydrogen-bond donors (Lipinski definition) is 0. The van der Waals surface area contributed by atoms with Gasteiger partial charge in [0.1, 0.15) is 18.1 Å². The number of aryl methyl sites for hydroxylation is 1. The van der Waals surface area contributed by atoms with Gasteiger partial charge in [0.2, 0.25) is 0 Å². The fourth-order valence-corrected chi connectivity index (χ4v) is 3.07. The highest BCUT2D eigenvalue weighted by Gasteiger charge is 2.09. The predicted molar refractivity (Wildman–Crippen MR) is 99.3 cm³/mol. The number of morpholine rings is 1. The Balaban J connectivity index is 1.43. The summed E-state index contributed by atoms with van der Waals surface area (Å²) >= 11 is 0. The molecule has 0 saturated carbocycles. The van der Waals surface area contributed by atoms with Gasteiger partial charge in [0.25, 0.3) is 0 Å². The van der Waals surface area contributed by atoms with Crippen molar-refractivity contribution in [2.45, 2.75) is 19.4 Å². The summed E-state index contributed by atoms with van der Waals surface area (Å²) in [5, 5.41) is 0. The van der Waals surface area contributed by atoms with Crippen LogP contribution in [0.3, 0.4) is 0 Å². The molecule has 4 nitrogen and oxygen atoms in total. The van der Waals surface area contributed by atoms with E-state index in [9.17, 15) is 0 Å². The summed E-state index contributed by atoms with van der Waals surface area (Å²) in [6.07, 6.45) is 2.28. The van der Waals surface area contributed by atoms with Gasteiger partial charge < -0.3 is 14.2 Å². The molecular formula is C21H27NO3. The van der Waals surface area contributed by atoms with Crippen molar-refractivity contribution in [1.82, 2.24) is 4.90 Å². The molecule has 0 amide bonds. The number of methoxy groups -OCH3 is 1. The second kappa shape index (κ2) is 9.44. The molecule has 4 heteroatoms. The Morgan fingerprint density at radius 3 is 2.52 bits per heavy atom. The van der Waals surface area contributed by atoms with Crippen LogP contribution in [0, 0.1) is 0 Å². The molecule has 1 aliphatic rings. The van der Waals surface area contributed by atoms with Crippen molar-refractivity contribution in [3.8, 4) is 11.5 Å². The molecule has 2 aromatic rings. The number of nitrogens with zero attached hydrogens (tertiary/aromatic N) is 1. The molecule has 2 aromatic carbocycles. The standard InChI is InChI=1S/C21H27NO3/c1-23-21-7-3-2-6-19(21)17-25-20-10-8-18(9-11-20)5-4-12-22-13-15-24-16-14-22/h2-3,6-11H,4-5,12-17H2,1H3. The molecule has 1 aliphatic heterocycles. The van der Waals surface area contributed by atoms with Crippen LogP contribution in [0.4, 0.5) is 0 Å². The van der Waals surface area contributed by atoms with Crippen LogP contribution in [-0.2, 0) is 17.8 Å². The van der Waals surface area contributed by atoms with E-state index in [2.05, 4.69) is 29.2 Å². The summed E-state index contributed by atoms with van der Waals surface area (Å²) in [4.78, 5) is 2.48. The van der Waals surface area contributed by atoms with Gasteiger partial charge in [0.15, 0.2) is 0 Å². The largest absolute Gasteiger partial charge is 0.496 e. The lowest BCUT2D eigenvalue weighted by Gasteiger charge is -2.26. The Kier molecular flexibility index (Phi) is 6.71. The summed E-state index contributed by atoms with van der Waals surface area (Å²) in [5.74, 6) is 1.75. The topological polar surface area (TPSA) is 30.9 Å². The maximum Gasteiger partial charge on any atom is 0.125 e. The summed E-state index contributed by atoms with van der Waals surface area (Å²) in [6.45, 7) is 5.54. The molecule has 1 heterocycles. The van der Waals surface area contributed by atoms with Crippen molar-refractivity contribution in [2.24, 2.45) is 0 Å². The minimum atomic E-state index is 0.514. The third-order valence-electron chi connectivity index (χ3n) is 4.55. The lowest BCUT2D eigenvalue weighted by atomic mass is 10.1. The first kappa shape index (κ1) is 17.8. The van der Waals surface area contributed by atoms with Crippen molar-refractivity contribution < 1.29 is 14.2 Å². The van der Waals surface area contributed by atoms with Gasteiger partial charge in [-0.25, -0.2) is 0 Å². The second-order valence-corrected chi connectivity index (χ2v) is 6.30. The Bertz CT molecular complexity index is 636. The van der Waals surface area contributed by atoms with Crippen LogP contribution in [0.15, 0.2) is 48.5 Å². The molecule has 134 valence electrons. The zero-order chi connectivity index (χ0) is 17.3. The minimum absolute atomic E-state index is 0.514. The molecule has 0 spiro atoms. The van der Waals surface area contributed by atoms with Gasteiger partial charge in [0.05, 0.1) is 20.3 Å². The third-order valence-corrected chi connectivity index (χ3v) is 4.55. The fourth-order valence-electron chi connectivity index (χ4n) is 3.07. The van der Waals surface area contributed by atoms with Gasteiger partial charge >= 0.3 is 0 Å². The number of hydrogen-bond acceptors (Lipinski definition) is 4. The van der Waals surface area contributed by atoms with Crippen LogP contribution in [0.2, 0.25) is 0 Å². The van der Waals surface area contributed by atoms with Crippen molar-refractivity contribution in [1.29, 1.82) is 0 Å². The van der Waals surface area contributed by atoms with Crippen LogP contribution in [0.5, 0.6) is 11.5 Å². The molecule has 0 aliphatic carbocycles. The first-order chi connectivity index (χ1) is 12.3. The van der Waals surface area contributed by atoms with E-state index in [4.69, 9.17) is 14.2 Å². The van der Waals surface area contributed by atoms with E-state index < -0.39 is 0 Å². The van der Waals surface area contributed by atoms with Gasteiger partial charge in [-0.05, 0) is 43.1 Å².